The van der Waals surface area contributed by atoms with Crippen LogP contribution >= 0.6 is 0 Å². The molecule has 0 aromatic heterocycles. The van der Waals surface area contributed by atoms with Crippen LogP contribution in [0.25, 0.3) is 0 Å². The molecule has 0 spiro atoms. The predicted octanol–water partition coefficient (Wildman–Crippen LogP) is 1.38. The third kappa shape index (κ3) is 1.20. The summed E-state index contributed by atoms with van der Waals surface area (Å²) in [5.41, 5.74) is 0. The molecule has 0 saturated carbocycles. The molecule has 1 rings (SSSR count). The van der Waals surface area contributed by atoms with Crippen molar-refractivity contribution in [2.24, 2.45) is 0 Å². The van der Waals surface area contributed by atoms with Gasteiger partial charge < -0.3 is 0 Å². The van der Waals surface area contributed by atoms with Crippen molar-refractivity contribution < 1.29 is 11.6 Å². The zero-order chi connectivity index (χ0) is 5.11. The van der Waals surface area contributed by atoms with Crippen LogP contribution in [0.1, 0.15) is 0 Å². The first-order chi connectivity index (χ1) is 3.39. The van der Waals surface area contributed by atoms with E-state index in [0.29, 0.717) is 0 Å². The Bertz CT molecular complexity index is 134. The Hall–Kier alpha value is -0.490. The number of hydrogen-bond acceptors (Lipinski definition) is 0. The summed E-state index contributed by atoms with van der Waals surface area (Å²) in [7, 11) is 0. The summed E-state index contributed by atoms with van der Waals surface area (Å²) >= 11 is 4.81. The van der Waals surface area contributed by atoms with Gasteiger partial charge in [-0.1, -0.05) is 18.2 Å². The quantitative estimate of drug-likeness (QED) is 0.477. The van der Waals surface area contributed by atoms with Crippen molar-refractivity contribution in [1.82, 2.24) is 0 Å². The van der Waals surface area contributed by atoms with E-state index in [1.807, 2.05) is 30.3 Å². The topological polar surface area (TPSA) is 0 Å². The second-order valence-corrected chi connectivity index (χ2v) is 1.78. The van der Waals surface area contributed by atoms with E-state index in [1.54, 1.807) is 0 Å². The molecule has 0 aliphatic heterocycles. The maximum atomic E-state index is 4.81. The number of halogens is 1. The minimum atomic E-state index is 0.905. The van der Waals surface area contributed by atoms with E-state index >= 15 is 0 Å². The third-order valence-electron chi connectivity index (χ3n) is 0.743. The Labute approximate surface area is 47.7 Å². The van der Waals surface area contributed by atoms with Gasteiger partial charge in [0.1, 0.15) is 0 Å². The monoisotopic (exact) mass is 113 g/mol. The normalized spacial score (nSPS) is 8.71. The highest BCUT2D eigenvalue weighted by molar-refractivity contribution is 5.07. The van der Waals surface area contributed by atoms with Crippen molar-refractivity contribution in [3.8, 4) is 0 Å². The first-order valence-corrected chi connectivity index (χ1v) is 2.52. The molecule has 7 heavy (non-hydrogen) atoms. The molecule has 0 amide bonds. The van der Waals surface area contributed by atoms with E-state index in [-0.39, 0.29) is 0 Å². The molecular formula is C6H6Cl+. The largest absolute Gasteiger partial charge is 0.225 e. The van der Waals surface area contributed by atoms with Crippen LogP contribution in [0.15, 0.2) is 30.3 Å². The van der Waals surface area contributed by atoms with Crippen LogP contribution in [0.5, 0.6) is 0 Å². The maximum absolute atomic E-state index is 4.81. The predicted molar refractivity (Wildman–Crippen MR) is 27.0 cm³/mol. The number of benzene rings is 1. The van der Waals surface area contributed by atoms with Crippen molar-refractivity contribution in [2.45, 2.75) is 0 Å². The van der Waals surface area contributed by atoms with Crippen molar-refractivity contribution in [3.05, 3.63) is 35.4 Å². The Morgan fingerprint density at radius 3 is 1.86 bits per heavy atom. The molecule has 1 aromatic rings. The highest BCUT2D eigenvalue weighted by Gasteiger charge is 1.85. The van der Waals surface area contributed by atoms with E-state index in [4.69, 9.17) is 11.6 Å². The van der Waals surface area contributed by atoms with Gasteiger partial charge in [-0.3, -0.25) is 0 Å². The zero-order valence-corrected chi connectivity index (χ0v) is 4.61. The highest BCUT2D eigenvalue weighted by Crippen LogP contribution is 1.94. The van der Waals surface area contributed by atoms with E-state index in [9.17, 15) is 0 Å². The summed E-state index contributed by atoms with van der Waals surface area (Å²) in [4.78, 5) is 0. The SMILES string of the molecule is [ClH+]c1ccccc1. The lowest BCUT2D eigenvalue weighted by Crippen LogP contribution is -1.60. The summed E-state index contributed by atoms with van der Waals surface area (Å²) in [6, 6.07) is 9.62. The van der Waals surface area contributed by atoms with Crippen LogP contribution in [0, 0.1) is 11.6 Å². The Morgan fingerprint density at radius 1 is 1.00 bits per heavy atom. The molecule has 0 unspecified atom stereocenters. The van der Waals surface area contributed by atoms with E-state index in [2.05, 4.69) is 0 Å². The molecule has 0 N–H and O–H groups in total. The summed E-state index contributed by atoms with van der Waals surface area (Å²) in [6.45, 7) is 0. The Morgan fingerprint density at radius 2 is 1.57 bits per heavy atom. The van der Waals surface area contributed by atoms with E-state index in [1.165, 1.54) is 0 Å². The zero-order valence-electron chi connectivity index (χ0n) is 3.79. The smallest absolute Gasteiger partial charge is 0.0619 e. The molecule has 0 radical (unpaired) electrons. The minimum Gasteiger partial charge on any atom is -0.0619 e. The van der Waals surface area contributed by atoms with Gasteiger partial charge in [-0.05, 0) is 0 Å². The van der Waals surface area contributed by atoms with Crippen molar-refractivity contribution in [3.63, 3.8) is 0 Å². The minimum absolute atomic E-state index is 0.905. The van der Waals surface area contributed by atoms with Crippen molar-refractivity contribution in [2.75, 3.05) is 0 Å². The molecule has 36 valence electrons. The van der Waals surface area contributed by atoms with Gasteiger partial charge in [0, 0.05) is 12.1 Å². The fourth-order valence-corrected chi connectivity index (χ4v) is 0.578. The summed E-state index contributed by atoms with van der Waals surface area (Å²) in [6.07, 6.45) is 0. The number of hydrogen-bond donors (Lipinski definition) is 0. The fraction of sp³-hybridized carbons (Fsp3) is 0. The van der Waals surface area contributed by atoms with Crippen molar-refractivity contribution in [1.29, 1.82) is 0 Å². The molecular weight excluding hydrogens is 108 g/mol. The first-order valence-electron chi connectivity index (χ1n) is 2.11. The maximum Gasteiger partial charge on any atom is 0.225 e. The van der Waals surface area contributed by atoms with Gasteiger partial charge in [0.2, 0.25) is 5.02 Å². The van der Waals surface area contributed by atoms with Gasteiger partial charge in [0.05, 0.1) is 0 Å². The van der Waals surface area contributed by atoms with E-state index in [0.717, 1.165) is 5.02 Å². The van der Waals surface area contributed by atoms with Crippen LogP contribution < -0.4 is 0 Å². The Kier molecular flexibility index (Phi) is 1.32. The molecule has 0 aliphatic carbocycles. The van der Waals surface area contributed by atoms with Gasteiger partial charge in [-0.15, -0.1) is 0 Å². The lowest BCUT2D eigenvalue weighted by Gasteiger charge is -1.72. The molecule has 0 nitrogen and oxygen atoms in total. The summed E-state index contributed by atoms with van der Waals surface area (Å²) < 4.78 is 0. The average molecular weight is 114 g/mol. The van der Waals surface area contributed by atoms with Gasteiger partial charge in [-0.2, -0.15) is 0 Å². The Balaban J connectivity index is 3.02. The van der Waals surface area contributed by atoms with Crippen LogP contribution in [-0.4, -0.2) is 0 Å². The standard InChI is InChI=1S/C6H6Cl/c7-6-4-2-1-3-5-6/h1-5,7H/q+1. The summed E-state index contributed by atoms with van der Waals surface area (Å²) in [5.74, 6) is 0. The lowest BCUT2D eigenvalue weighted by atomic mass is 10.4. The van der Waals surface area contributed by atoms with E-state index < -0.39 is 0 Å². The third-order valence-corrected chi connectivity index (χ3v) is 1.02. The molecule has 1 heteroatoms. The van der Waals surface area contributed by atoms with Crippen LogP contribution in [-0.2, 0) is 0 Å². The average Bonchev–Trinajstić information content (AvgIpc) is 1.69. The molecule has 0 fully saturated rings. The molecule has 0 aliphatic rings. The van der Waals surface area contributed by atoms with Crippen LogP contribution in [0.3, 0.4) is 0 Å². The van der Waals surface area contributed by atoms with Crippen LogP contribution in [0.2, 0.25) is 5.02 Å². The molecule has 0 bridgehead atoms. The van der Waals surface area contributed by atoms with Gasteiger partial charge in [0.25, 0.3) is 0 Å². The molecule has 0 saturated heterocycles. The van der Waals surface area contributed by atoms with Crippen LogP contribution in [0.4, 0.5) is 0 Å². The van der Waals surface area contributed by atoms with Crippen molar-refractivity contribution >= 4 is 0 Å². The highest BCUT2D eigenvalue weighted by atomic mass is 35.5. The molecule has 0 atom stereocenters. The second-order valence-electron chi connectivity index (χ2n) is 1.31. The van der Waals surface area contributed by atoms with Gasteiger partial charge in [-0.25, -0.2) is 0 Å². The molecule has 1 aromatic carbocycles. The second kappa shape index (κ2) is 1.99. The fourth-order valence-electron chi connectivity index (χ4n) is 0.420. The summed E-state index contributed by atoms with van der Waals surface area (Å²) in [5, 5.41) is 0.905. The lowest BCUT2D eigenvalue weighted by molar-refractivity contribution is -0.288. The molecule has 0 heterocycles. The van der Waals surface area contributed by atoms with Gasteiger partial charge >= 0.3 is 0 Å². The first kappa shape index (κ1) is 4.66. The number of rotatable bonds is 0. The van der Waals surface area contributed by atoms with Gasteiger partial charge in [0.15, 0.2) is 11.6 Å².